The van der Waals surface area contributed by atoms with Gasteiger partial charge in [-0.05, 0) is 62.3 Å². The SMILES string of the molecule is Cn1cc2c(n1)CCCC2C(=O)NC1CCc2[nH]c3ccc(Cl)cc3c2C1. The first-order valence-corrected chi connectivity index (χ1v) is 10.1. The van der Waals surface area contributed by atoms with Crippen LogP contribution in [0.4, 0.5) is 0 Å². The minimum absolute atomic E-state index is 0.0683. The number of hydrogen-bond donors (Lipinski definition) is 2. The molecular formula is C21H23ClN4O. The number of fused-ring (bicyclic) bond motifs is 4. The van der Waals surface area contributed by atoms with Crippen LogP contribution < -0.4 is 5.32 Å². The Kier molecular flexibility index (Phi) is 4.01. The van der Waals surface area contributed by atoms with Crippen molar-refractivity contribution >= 4 is 28.4 Å². The van der Waals surface area contributed by atoms with E-state index in [0.29, 0.717) is 0 Å². The highest BCUT2D eigenvalue weighted by molar-refractivity contribution is 6.31. The van der Waals surface area contributed by atoms with Crippen LogP contribution in [0.1, 0.15) is 47.7 Å². The molecular weight excluding hydrogens is 360 g/mol. The maximum absolute atomic E-state index is 13.0. The van der Waals surface area contributed by atoms with Crippen LogP contribution in [0.2, 0.25) is 5.02 Å². The highest BCUT2D eigenvalue weighted by atomic mass is 35.5. The molecule has 6 heteroatoms. The molecule has 3 aromatic rings. The van der Waals surface area contributed by atoms with E-state index in [1.165, 1.54) is 16.6 Å². The number of rotatable bonds is 2. The van der Waals surface area contributed by atoms with Gasteiger partial charge in [-0.25, -0.2) is 0 Å². The van der Waals surface area contributed by atoms with Crippen molar-refractivity contribution in [2.24, 2.45) is 7.05 Å². The van der Waals surface area contributed by atoms with Gasteiger partial charge in [0.05, 0.1) is 11.6 Å². The van der Waals surface area contributed by atoms with Gasteiger partial charge in [0.2, 0.25) is 5.91 Å². The lowest BCUT2D eigenvalue weighted by Crippen LogP contribution is -2.41. The highest BCUT2D eigenvalue weighted by Gasteiger charge is 2.31. The summed E-state index contributed by atoms with van der Waals surface area (Å²) in [5, 5.41) is 9.78. The molecule has 1 aromatic carbocycles. The molecule has 0 radical (unpaired) electrons. The molecule has 0 saturated carbocycles. The minimum atomic E-state index is -0.0683. The summed E-state index contributed by atoms with van der Waals surface area (Å²) in [6.45, 7) is 0. The number of H-pyrrole nitrogens is 1. The predicted octanol–water partition coefficient (Wildman–Crippen LogP) is 3.65. The van der Waals surface area contributed by atoms with Crippen LogP contribution in [-0.2, 0) is 31.1 Å². The first kappa shape index (κ1) is 16.9. The highest BCUT2D eigenvalue weighted by Crippen LogP contribution is 2.33. The van der Waals surface area contributed by atoms with Gasteiger partial charge in [0.1, 0.15) is 0 Å². The van der Waals surface area contributed by atoms with E-state index in [9.17, 15) is 4.79 Å². The van der Waals surface area contributed by atoms with Gasteiger partial charge in [0.15, 0.2) is 0 Å². The van der Waals surface area contributed by atoms with Crippen molar-refractivity contribution in [3.05, 3.63) is 51.9 Å². The van der Waals surface area contributed by atoms with Gasteiger partial charge in [0.25, 0.3) is 0 Å². The summed E-state index contributed by atoms with van der Waals surface area (Å²) < 4.78 is 1.83. The monoisotopic (exact) mass is 382 g/mol. The standard InChI is InChI=1S/C21H23ClN4O/c1-26-11-17-14(3-2-4-20(17)25-26)21(27)23-13-6-8-19-16(10-13)15-9-12(22)5-7-18(15)24-19/h5,7,9,11,13-14,24H,2-4,6,8,10H2,1H3,(H,23,27). The second-order valence-electron chi connectivity index (χ2n) is 7.87. The van der Waals surface area contributed by atoms with Gasteiger partial charge in [-0.15, -0.1) is 0 Å². The average molecular weight is 383 g/mol. The van der Waals surface area contributed by atoms with E-state index in [2.05, 4.69) is 15.4 Å². The van der Waals surface area contributed by atoms with E-state index in [1.54, 1.807) is 0 Å². The molecule has 2 N–H and O–H groups in total. The summed E-state index contributed by atoms with van der Waals surface area (Å²) >= 11 is 6.20. The normalized spacial score (nSPS) is 21.7. The molecule has 0 spiro atoms. The number of nitrogens with zero attached hydrogens (tertiary/aromatic N) is 2. The number of nitrogens with one attached hydrogen (secondary N) is 2. The molecule has 0 aliphatic heterocycles. The molecule has 0 fully saturated rings. The van der Waals surface area contributed by atoms with E-state index < -0.39 is 0 Å². The number of aryl methyl sites for hydroxylation is 3. The topological polar surface area (TPSA) is 62.7 Å². The van der Waals surface area contributed by atoms with Gasteiger partial charge >= 0.3 is 0 Å². The fourth-order valence-electron chi connectivity index (χ4n) is 4.75. The summed E-state index contributed by atoms with van der Waals surface area (Å²) in [5.74, 6) is 0.0801. The molecule has 5 nitrogen and oxygen atoms in total. The lowest BCUT2D eigenvalue weighted by atomic mass is 9.85. The Morgan fingerprint density at radius 2 is 2.22 bits per heavy atom. The van der Waals surface area contributed by atoms with Crippen LogP contribution in [-0.4, -0.2) is 26.7 Å². The first-order chi connectivity index (χ1) is 13.1. The predicted molar refractivity (Wildman–Crippen MR) is 106 cm³/mol. The van der Waals surface area contributed by atoms with E-state index >= 15 is 0 Å². The molecule has 2 unspecified atom stereocenters. The zero-order valence-electron chi connectivity index (χ0n) is 15.4. The van der Waals surface area contributed by atoms with Gasteiger partial charge in [-0.2, -0.15) is 5.10 Å². The number of halogens is 1. The molecule has 27 heavy (non-hydrogen) atoms. The van der Waals surface area contributed by atoms with Crippen LogP contribution in [0, 0.1) is 0 Å². The van der Waals surface area contributed by atoms with Crippen molar-refractivity contribution < 1.29 is 4.79 Å². The Balaban J connectivity index is 1.36. The van der Waals surface area contributed by atoms with Crippen molar-refractivity contribution in [1.29, 1.82) is 0 Å². The molecule has 2 atom stereocenters. The largest absolute Gasteiger partial charge is 0.358 e. The Hall–Kier alpha value is -2.27. The quantitative estimate of drug-likeness (QED) is 0.710. The van der Waals surface area contributed by atoms with Crippen LogP contribution in [0.15, 0.2) is 24.4 Å². The van der Waals surface area contributed by atoms with Crippen molar-refractivity contribution in [2.75, 3.05) is 0 Å². The first-order valence-electron chi connectivity index (χ1n) is 9.70. The van der Waals surface area contributed by atoms with Gasteiger partial charge in [0, 0.05) is 46.5 Å². The number of hydrogen-bond acceptors (Lipinski definition) is 2. The molecule has 2 heterocycles. The molecule has 2 aliphatic carbocycles. The van der Waals surface area contributed by atoms with Crippen molar-refractivity contribution in [3.8, 4) is 0 Å². The van der Waals surface area contributed by atoms with Crippen LogP contribution in [0.5, 0.6) is 0 Å². The summed E-state index contributed by atoms with van der Waals surface area (Å²) in [6.07, 6.45) is 7.70. The van der Waals surface area contributed by atoms with Crippen LogP contribution in [0.3, 0.4) is 0 Å². The van der Waals surface area contributed by atoms with E-state index in [0.717, 1.165) is 60.3 Å². The van der Waals surface area contributed by atoms with E-state index in [1.807, 2.05) is 36.1 Å². The smallest absolute Gasteiger partial charge is 0.227 e. The minimum Gasteiger partial charge on any atom is -0.358 e. The summed E-state index contributed by atoms with van der Waals surface area (Å²) in [4.78, 5) is 16.5. The Morgan fingerprint density at radius 1 is 1.33 bits per heavy atom. The summed E-state index contributed by atoms with van der Waals surface area (Å²) in [7, 11) is 1.93. The molecule has 0 saturated heterocycles. The van der Waals surface area contributed by atoms with Crippen molar-refractivity contribution in [2.45, 2.75) is 50.5 Å². The van der Waals surface area contributed by atoms with E-state index in [4.69, 9.17) is 11.6 Å². The molecule has 1 amide bonds. The van der Waals surface area contributed by atoms with Gasteiger partial charge < -0.3 is 10.3 Å². The lowest BCUT2D eigenvalue weighted by Gasteiger charge is -2.27. The molecule has 2 aromatic heterocycles. The zero-order chi connectivity index (χ0) is 18.5. The number of carbonyl (C=O) groups excluding carboxylic acids is 1. The second kappa shape index (κ2) is 6.41. The summed E-state index contributed by atoms with van der Waals surface area (Å²) in [5.41, 5.74) is 5.90. The molecule has 5 rings (SSSR count). The molecule has 2 aliphatic rings. The fourth-order valence-corrected chi connectivity index (χ4v) is 4.93. The Morgan fingerprint density at radius 3 is 3.11 bits per heavy atom. The van der Waals surface area contributed by atoms with Crippen molar-refractivity contribution in [3.63, 3.8) is 0 Å². The zero-order valence-corrected chi connectivity index (χ0v) is 16.1. The number of benzene rings is 1. The third-order valence-corrected chi connectivity index (χ3v) is 6.27. The second-order valence-corrected chi connectivity index (χ2v) is 8.31. The van der Waals surface area contributed by atoms with Crippen LogP contribution in [0.25, 0.3) is 10.9 Å². The number of carbonyl (C=O) groups is 1. The Labute approximate surface area is 163 Å². The average Bonchev–Trinajstić information content (AvgIpc) is 3.20. The Bertz CT molecular complexity index is 1030. The number of amides is 1. The van der Waals surface area contributed by atoms with Crippen LogP contribution >= 0.6 is 11.6 Å². The maximum atomic E-state index is 13.0. The maximum Gasteiger partial charge on any atom is 0.227 e. The number of aromatic amines is 1. The third-order valence-electron chi connectivity index (χ3n) is 6.03. The fraction of sp³-hybridized carbons (Fsp3) is 0.429. The van der Waals surface area contributed by atoms with Crippen molar-refractivity contribution in [1.82, 2.24) is 20.1 Å². The van der Waals surface area contributed by atoms with E-state index in [-0.39, 0.29) is 17.9 Å². The summed E-state index contributed by atoms with van der Waals surface area (Å²) in [6, 6.07) is 6.15. The molecule has 140 valence electrons. The number of aromatic nitrogens is 3. The molecule has 0 bridgehead atoms. The van der Waals surface area contributed by atoms with Gasteiger partial charge in [-0.1, -0.05) is 11.6 Å². The third kappa shape index (κ3) is 2.94. The lowest BCUT2D eigenvalue weighted by molar-refractivity contribution is -0.123. The van der Waals surface area contributed by atoms with Gasteiger partial charge in [-0.3, -0.25) is 9.48 Å².